The van der Waals surface area contributed by atoms with E-state index in [0.29, 0.717) is 5.69 Å². The van der Waals surface area contributed by atoms with Crippen molar-refractivity contribution in [3.05, 3.63) is 41.4 Å². The summed E-state index contributed by atoms with van der Waals surface area (Å²) in [4.78, 5) is 16.6. The predicted molar refractivity (Wildman–Crippen MR) is 76.0 cm³/mol. The molecule has 2 aromatic rings. The summed E-state index contributed by atoms with van der Waals surface area (Å²) in [5.41, 5.74) is 1.68. The number of hydrogen-bond donors (Lipinski definition) is 0. The van der Waals surface area contributed by atoms with E-state index in [2.05, 4.69) is 11.9 Å². The molecular formula is C15H17NOS. The van der Waals surface area contributed by atoms with E-state index in [-0.39, 0.29) is 11.7 Å². The lowest BCUT2D eigenvalue weighted by Crippen LogP contribution is -2.11. The van der Waals surface area contributed by atoms with Crippen molar-refractivity contribution in [1.82, 2.24) is 4.98 Å². The van der Waals surface area contributed by atoms with Crippen molar-refractivity contribution >= 4 is 17.1 Å². The van der Waals surface area contributed by atoms with E-state index >= 15 is 0 Å². The molecule has 0 aliphatic heterocycles. The number of carbonyl (C=O) groups is 1. The molecule has 1 aromatic carbocycles. The molecule has 0 radical (unpaired) electrons. The average Bonchev–Trinajstić information content (AvgIpc) is 2.89. The maximum absolute atomic E-state index is 12.1. The van der Waals surface area contributed by atoms with E-state index in [0.717, 1.165) is 23.4 Å². The molecule has 0 saturated carbocycles. The van der Waals surface area contributed by atoms with Gasteiger partial charge in [0.25, 0.3) is 0 Å². The second kappa shape index (κ2) is 5.91. The lowest BCUT2D eigenvalue weighted by molar-refractivity contribution is 0.0919. The zero-order valence-electron chi connectivity index (χ0n) is 10.7. The minimum atomic E-state index is 0.0701. The van der Waals surface area contributed by atoms with Crippen LogP contribution in [0.3, 0.4) is 0 Å². The fourth-order valence-corrected chi connectivity index (χ4v) is 2.73. The molecule has 3 heteroatoms. The summed E-state index contributed by atoms with van der Waals surface area (Å²) in [6.45, 7) is 4.08. The van der Waals surface area contributed by atoms with Gasteiger partial charge in [0.1, 0.15) is 10.7 Å². The number of thiazole rings is 1. The number of hydrogen-bond acceptors (Lipinski definition) is 3. The zero-order chi connectivity index (χ0) is 13.0. The van der Waals surface area contributed by atoms with Crippen molar-refractivity contribution in [2.45, 2.75) is 26.7 Å². The Kier molecular flexibility index (Phi) is 4.26. The highest BCUT2D eigenvalue weighted by Gasteiger charge is 2.17. The molecule has 0 bridgehead atoms. The number of carbonyl (C=O) groups excluding carboxylic acids is 1. The number of rotatable bonds is 5. The number of nitrogens with zero attached hydrogens (tertiary/aromatic N) is 1. The first-order valence-corrected chi connectivity index (χ1v) is 7.15. The molecule has 1 heterocycles. The van der Waals surface area contributed by atoms with Crippen molar-refractivity contribution in [2.75, 3.05) is 0 Å². The topological polar surface area (TPSA) is 30.0 Å². The molecule has 2 rings (SSSR count). The minimum Gasteiger partial charge on any atom is -0.292 e. The van der Waals surface area contributed by atoms with Gasteiger partial charge in [0, 0.05) is 16.9 Å². The summed E-state index contributed by atoms with van der Waals surface area (Å²) in [5.74, 6) is 0.232. The Morgan fingerprint density at radius 3 is 2.72 bits per heavy atom. The highest BCUT2D eigenvalue weighted by molar-refractivity contribution is 7.13. The number of ketones is 1. The number of aromatic nitrogens is 1. The van der Waals surface area contributed by atoms with Crippen LogP contribution in [-0.2, 0) is 0 Å². The van der Waals surface area contributed by atoms with Crippen LogP contribution in [0.1, 0.15) is 37.2 Å². The second-order valence-corrected chi connectivity index (χ2v) is 5.32. The van der Waals surface area contributed by atoms with Crippen LogP contribution in [0.4, 0.5) is 0 Å². The Morgan fingerprint density at radius 2 is 2.06 bits per heavy atom. The van der Waals surface area contributed by atoms with E-state index in [1.807, 2.05) is 42.6 Å². The molecule has 0 saturated heterocycles. The van der Waals surface area contributed by atoms with Crippen LogP contribution < -0.4 is 0 Å². The molecule has 94 valence electrons. The maximum Gasteiger partial charge on any atom is 0.184 e. The summed E-state index contributed by atoms with van der Waals surface area (Å²) in [7, 11) is 0. The average molecular weight is 259 g/mol. The van der Waals surface area contributed by atoms with Crippen molar-refractivity contribution < 1.29 is 4.79 Å². The highest BCUT2D eigenvalue weighted by atomic mass is 32.1. The summed E-state index contributed by atoms with van der Waals surface area (Å²) in [6, 6.07) is 9.98. The molecule has 0 aliphatic carbocycles. The van der Waals surface area contributed by atoms with Crippen LogP contribution in [0.25, 0.3) is 10.6 Å². The molecule has 1 aromatic heterocycles. The molecule has 0 amide bonds. The zero-order valence-corrected chi connectivity index (χ0v) is 11.5. The van der Waals surface area contributed by atoms with E-state index in [9.17, 15) is 4.79 Å². The SMILES string of the molecule is CCCC(C)C(=O)c1csc(-c2ccccc2)n1. The largest absolute Gasteiger partial charge is 0.292 e. The van der Waals surface area contributed by atoms with Gasteiger partial charge in [-0.3, -0.25) is 4.79 Å². The first-order chi connectivity index (χ1) is 8.72. The summed E-state index contributed by atoms with van der Waals surface area (Å²) in [6.07, 6.45) is 1.96. The molecule has 1 atom stereocenters. The Labute approximate surface area is 112 Å². The maximum atomic E-state index is 12.1. The Hall–Kier alpha value is -1.48. The van der Waals surface area contributed by atoms with Gasteiger partial charge in [-0.15, -0.1) is 11.3 Å². The van der Waals surface area contributed by atoms with Crippen molar-refractivity contribution in [3.8, 4) is 10.6 Å². The van der Waals surface area contributed by atoms with Gasteiger partial charge < -0.3 is 0 Å². The first-order valence-electron chi connectivity index (χ1n) is 6.27. The van der Waals surface area contributed by atoms with Gasteiger partial charge in [-0.1, -0.05) is 50.6 Å². The van der Waals surface area contributed by atoms with Gasteiger partial charge in [0.15, 0.2) is 5.78 Å². The van der Waals surface area contributed by atoms with Crippen molar-refractivity contribution in [1.29, 1.82) is 0 Å². The number of Topliss-reactive ketones (excluding diaryl/α,β-unsaturated/α-hetero) is 1. The van der Waals surface area contributed by atoms with E-state index in [1.165, 1.54) is 11.3 Å². The minimum absolute atomic E-state index is 0.0701. The molecule has 0 fully saturated rings. The smallest absolute Gasteiger partial charge is 0.184 e. The van der Waals surface area contributed by atoms with Gasteiger partial charge in [-0.2, -0.15) is 0 Å². The lowest BCUT2D eigenvalue weighted by Gasteiger charge is -2.05. The Bertz CT molecular complexity index is 518. The van der Waals surface area contributed by atoms with Gasteiger partial charge >= 0.3 is 0 Å². The van der Waals surface area contributed by atoms with Gasteiger partial charge in [0.2, 0.25) is 0 Å². The Morgan fingerprint density at radius 1 is 1.33 bits per heavy atom. The Balaban J connectivity index is 2.18. The molecule has 1 unspecified atom stereocenters. The second-order valence-electron chi connectivity index (χ2n) is 4.46. The lowest BCUT2D eigenvalue weighted by atomic mass is 9.99. The van der Waals surface area contributed by atoms with Crippen LogP contribution >= 0.6 is 11.3 Å². The standard InChI is InChI=1S/C15H17NOS/c1-3-7-11(2)14(17)13-10-18-15(16-13)12-8-5-4-6-9-12/h4-6,8-11H,3,7H2,1-2H3. The predicted octanol–water partition coefficient (Wildman–Crippen LogP) is 4.43. The van der Waals surface area contributed by atoms with E-state index < -0.39 is 0 Å². The van der Waals surface area contributed by atoms with Gasteiger partial charge in [0.05, 0.1) is 0 Å². The quantitative estimate of drug-likeness (QED) is 0.743. The summed E-state index contributed by atoms with van der Waals surface area (Å²) < 4.78 is 0. The van der Waals surface area contributed by atoms with Crippen LogP contribution in [0, 0.1) is 5.92 Å². The monoisotopic (exact) mass is 259 g/mol. The van der Waals surface area contributed by atoms with E-state index in [1.54, 1.807) is 0 Å². The summed E-state index contributed by atoms with van der Waals surface area (Å²) in [5, 5.41) is 2.79. The van der Waals surface area contributed by atoms with Crippen molar-refractivity contribution in [2.24, 2.45) is 5.92 Å². The number of benzene rings is 1. The van der Waals surface area contributed by atoms with Crippen LogP contribution in [0.5, 0.6) is 0 Å². The van der Waals surface area contributed by atoms with Crippen LogP contribution in [0.15, 0.2) is 35.7 Å². The summed E-state index contributed by atoms with van der Waals surface area (Å²) >= 11 is 1.53. The highest BCUT2D eigenvalue weighted by Crippen LogP contribution is 2.25. The third-order valence-corrected chi connectivity index (χ3v) is 3.84. The fraction of sp³-hybridized carbons (Fsp3) is 0.333. The van der Waals surface area contributed by atoms with Gasteiger partial charge in [-0.05, 0) is 6.42 Å². The van der Waals surface area contributed by atoms with Crippen LogP contribution in [-0.4, -0.2) is 10.8 Å². The fourth-order valence-electron chi connectivity index (χ4n) is 1.92. The molecule has 2 nitrogen and oxygen atoms in total. The molecule has 0 aliphatic rings. The third kappa shape index (κ3) is 2.85. The normalized spacial score (nSPS) is 12.3. The molecular weight excluding hydrogens is 242 g/mol. The third-order valence-electron chi connectivity index (χ3n) is 2.95. The molecule has 0 spiro atoms. The molecule has 0 N–H and O–H groups in total. The first kappa shape index (κ1) is 13.0. The van der Waals surface area contributed by atoms with Gasteiger partial charge in [-0.25, -0.2) is 4.98 Å². The molecule has 18 heavy (non-hydrogen) atoms. The van der Waals surface area contributed by atoms with E-state index in [4.69, 9.17) is 0 Å². The van der Waals surface area contributed by atoms with Crippen LogP contribution in [0.2, 0.25) is 0 Å². The van der Waals surface area contributed by atoms with Crippen molar-refractivity contribution in [3.63, 3.8) is 0 Å².